The maximum Gasteiger partial charge on any atom is 0.0776 e. The number of rotatable bonds is 6. The number of hydrogen-bond donors (Lipinski definition) is 2. The predicted octanol–water partition coefficient (Wildman–Crippen LogP) is 7.03. The van der Waals surface area contributed by atoms with Crippen LogP contribution in [0.15, 0.2) is 11.6 Å². The number of fused-ring (bicyclic) bond motifs is 5. The fraction of sp³-hybridized carbons (Fsp3) is 0.900. The second-order valence-electron chi connectivity index (χ2n) is 13.6. The molecule has 186 valence electrons. The van der Waals surface area contributed by atoms with Gasteiger partial charge in [0.05, 0.1) is 23.2 Å². The maximum atomic E-state index is 11.0. The van der Waals surface area contributed by atoms with Crippen molar-refractivity contribution in [2.45, 2.75) is 124 Å². The quantitative estimate of drug-likeness (QED) is 0.422. The predicted molar refractivity (Wildman–Crippen MR) is 134 cm³/mol. The van der Waals surface area contributed by atoms with Gasteiger partial charge in [-0.2, -0.15) is 5.26 Å². The smallest absolute Gasteiger partial charge is 0.0776 e. The zero-order valence-corrected chi connectivity index (χ0v) is 22.2. The topological polar surface area (TPSA) is 64.2 Å². The second-order valence-corrected chi connectivity index (χ2v) is 13.6. The van der Waals surface area contributed by atoms with Crippen LogP contribution in [0.3, 0.4) is 0 Å². The van der Waals surface area contributed by atoms with E-state index < -0.39 is 17.1 Å². The zero-order valence-electron chi connectivity index (χ0n) is 22.2. The van der Waals surface area contributed by atoms with Gasteiger partial charge >= 0.3 is 0 Å². The SMILES string of the molecule is CC[C@]1(O)CC[C@]2(C)C3=CC[C@]4(C)[C@@H]([C@H](C)CC[C@@H](O)C(C)(C)C#N)CC[C@H]4[C@@H]3CC[C@H]2C1. The number of hydrogen-bond acceptors (Lipinski definition) is 3. The van der Waals surface area contributed by atoms with Crippen molar-refractivity contribution in [2.24, 2.45) is 45.8 Å². The molecule has 0 aromatic heterocycles. The zero-order chi connectivity index (χ0) is 24.2. The fourth-order valence-electron chi connectivity index (χ4n) is 8.95. The van der Waals surface area contributed by atoms with Crippen molar-refractivity contribution in [1.29, 1.82) is 5.26 Å². The van der Waals surface area contributed by atoms with Crippen LogP contribution in [-0.4, -0.2) is 21.9 Å². The first kappa shape index (κ1) is 25.2. The number of aliphatic hydroxyl groups is 2. The molecule has 4 aliphatic carbocycles. The normalized spacial score (nSPS) is 44.6. The molecule has 0 saturated heterocycles. The van der Waals surface area contributed by atoms with Crippen LogP contribution in [0.4, 0.5) is 0 Å². The summed E-state index contributed by atoms with van der Waals surface area (Å²) in [6, 6.07) is 2.28. The van der Waals surface area contributed by atoms with Crippen molar-refractivity contribution in [3.63, 3.8) is 0 Å². The van der Waals surface area contributed by atoms with E-state index in [0.29, 0.717) is 28.6 Å². The first-order valence-corrected chi connectivity index (χ1v) is 13.9. The van der Waals surface area contributed by atoms with Crippen LogP contribution >= 0.6 is 0 Å². The van der Waals surface area contributed by atoms with Crippen LogP contribution in [0.25, 0.3) is 0 Å². The van der Waals surface area contributed by atoms with Gasteiger partial charge in [-0.3, -0.25) is 0 Å². The molecule has 3 heteroatoms. The molecular formula is C30H49NO2. The molecule has 0 aromatic rings. The highest BCUT2D eigenvalue weighted by Crippen LogP contribution is 2.67. The molecule has 0 bridgehead atoms. The van der Waals surface area contributed by atoms with Gasteiger partial charge in [-0.1, -0.05) is 39.3 Å². The summed E-state index contributed by atoms with van der Waals surface area (Å²) in [7, 11) is 0. The Morgan fingerprint density at radius 2 is 1.88 bits per heavy atom. The monoisotopic (exact) mass is 455 g/mol. The van der Waals surface area contributed by atoms with Gasteiger partial charge in [-0.15, -0.1) is 0 Å². The molecule has 3 saturated carbocycles. The van der Waals surface area contributed by atoms with E-state index in [9.17, 15) is 15.5 Å². The molecule has 0 radical (unpaired) electrons. The Bertz CT molecular complexity index is 811. The third-order valence-corrected chi connectivity index (χ3v) is 11.6. The summed E-state index contributed by atoms with van der Waals surface area (Å²) >= 11 is 0. The van der Waals surface area contributed by atoms with E-state index in [2.05, 4.69) is 39.8 Å². The molecule has 33 heavy (non-hydrogen) atoms. The summed E-state index contributed by atoms with van der Waals surface area (Å²) in [5, 5.41) is 30.9. The van der Waals surface area contributed by atoms with Crippen molar-refractivity contribution < 1.29 is 10.2 Å². The van der Waals surface area contributed by atoms with E-state index in [1.54, 1.807) is 5.57 Å². The van der Waals surface area contributed by atoms with Crippen LogP contribution in [0.2, 0.25) is 0 Å². The summed E-state index contributed by atoms with van der Waals surface area (Å²) in [5.41, 5.74) is 1.33. The van der Waals surface area contributed by atoms with Crippen molar-refractivity contribution in [3.8, 4) is 6.07 Å². The fourth-order valence-corrected chi connectivity index (χ4v) is 8.95. The molecule has 0 heterocycles. The van der Waals surface area contributed by atoms with Gasteiger partial charge in [-0.05, 0) is 125 Å². The van der Waals surface area contributed by atoms with Crippen LogP contribution in [0.5, 0.6) is 0 Å². The van der Waals surface area contributed by atoms with E-state index in [1.807, 2.05) is 13.8 Å². The summed E-state index contributed by atoms with van der Waals surface area (Å²) in [5.74, 6) is 3.46. The minimum absolute atomic E-state index is 0.294. The first-order valence-electron chi connectivity index (χ1n) is 13.9. The number of allylic oxidation sites excluding steroid dienone is 2. The summed E-state index contributed by atoms with van der Waals surface area (Å²) in [6.07, 6.45) is 14.3. The Labute approximate surface area is 203 Å². The highest BCUT2D eigenvalue weighted by atomic mass is 16.3. The third-order valence-electron chi connectivity index (χ3n) is 11.6. The minimum atomic E-state index is -0.664. The van der Waals surface area contributed by atoms with Crippen molar-refractivity contribution in [3.05, 3.63) is 11.6 Å². The van der Waals surface area contributed by atoms with Gasteiger partial charge in [0.2, 0.25) is 0 Å². The lowest BCUT2D eigenvalue weighted by molar-refractivity contribution is -0.0771. The maximum absolute atomic E-state index is 11.0. The van der Waals surface area contributed by atoms with Crippen LogP contribution in [-0.2, 0) is 0 Å². The molecule has 0 unspecified atom stereocenters. The molecular weight excluding hydrogens is 406 g/mol. The van der Waals surface area contributed by atoms with Crippen molar-refractivity contribution >= 4 is 0 Å². The molecule has 4 aliphatic rings. The Morgan fingerprint density at radius 3 is 2.55 bits per heavy atom. The molecule has 9 atom stereocenters. The lowest BCUT2D eigenvalue weighted by Gasteiger charge is -2.58. The van der Waals surface area contributed by atoms with Gasteiger partial charge < -0.3 is 10.2 Å². The lowest BCUT2D eigenvalue weighted by Crippen LogP contribution is -2.51. The van der Waals surface area contributed by atoms with E-state index in [4.69, 9.17) is 0 Å². The van der Waals surface area contributed by atoms with Crippen molar-refractivity contribution in [2.75, 3.05) is 0 Å². The molecule has 3 fully saturated rings. The Morgan fingerprint density at radius 1 is 1.15 bits per heavy atom. The highest BCUT2D eigenvalue weighted by Gasteiger charge is 2.58. The van der Waals surface area contributed by atoms with E-state index in [-0.39, 0.29) is 0 Å². The van der Waals surface area contributed by atoms with Gasteiger partial charge in [0.15, 0.2) is 0 Å². The average Bonchev–Trinajstić information content (AvgIpc) is 3.15. The molecule has 2 N–H and O–H groups in total. The molecule has 0 aliphatic heterocycles. The third kappa shape index (κ3) is 4.12. The van der Waals surface area contributed by atoms with Crippen LogP contribution in [0, 0.1) is 57.2 Å². The number of aliphatic hydroxyl groups excluding tert-OH is 1. The average molecular weight is 456 g/mol. The summed E-state index contributed by atoms with van der Waals surface area (Å²) in [6.45, 7) is 13.4. The standard InChI is InChI=1S/C30H49NO2/c1-7-30(33)17-16-28(5)21(18-30)9-10-22-24-12-11-23(29(24,6)15-14-25(22)28)20(2)8-13-26(32)27(3,4)19-31/h14,20-24,26,32-33H,7-13,15-18H2,1-6H3/t20-,21+,22+,23-,24+,26-,28+,29-,30+/m1/s1. The Balaban J connectivity index is 1.49. The van der Waals surface area contributed by atoms with Crippen molar-refractivity contribution in [1.82, 2.24) is 0 Å². The molecule has 0 amide bonds. The Hall–Kier alpha value is -0.850. The van der Waals surface area contributed by atoms with Gasteiger partial charge in [0.1, 0.15) is 0 Å². The largest absolute Gasteiger partial charge is 0.391 e. The number of nitrogens with zero attached hydrogens (tertiary/aromatic N) is 1. The molecule has 0 spiro atoms. The van der Waals surface area contributed by atoms with E-state index in [1.165, 1.54) is 32.1 Å². The molecule has 4 rings (SSSR count). The lowest BCUT2D eigenvalue weighted by atomic mass is 9.47. The van der Waals surface area contributed by atoms with E-state index in [0.717, 1.165) is 50.4 Å². The van der Waals surface area contributed by atoms with Gasteiger partial charge in [0, 0.05) is 0 Å². The second kappa shape index (κ2) is 8.67. The first-order chi connectivity index (χ1) is 15.4. The van der Waals surface area contributed by atoms with Crippen LogP contribution in [0.1, 0.15) is 112 Å². The molecule has 3 nitrogen and oxygen atoms in total. The summed E-state index contributed by atoms with van der Waals surface area (Å²) in [4.78, 5) is 0. The van der Waals surface area contributed by atoms with Crippen LogP contribution < -0.4 is 0 Å². The molecule has 0 aromatic carbocycles. The summed E-state index contributed by atoms with van der Waals surface area (Å²) < 4.78 is 0. The number of nitriles is 1. The van der Waals surface area contributed by atoms with E-state index >= 15 is 0 Å². The van der Waals surface area contributed by atoms with Gasteiger partial charge in [-0.25, -0.2) is 0 Å². The van der Waals surface area contributed by atoms with Gasteiger partial charge in [0.25, 0.3) is 0 Å². The Kier molecular flexibility index (Phi) is 6.63. The highest BCUT2D eigenvalue weighted by molar-refractivity contribution is 5.29. The minimum Gasteiger partial charge on any atom is -0.391 e.